The molecule has 1 saturated carbocycles. The molecule has 1 saturated heterocycles. The molecule has 2 fully saturated rings. The molecule has 0 aromatic heterocycles. The van der Waals surface area contributed by atoms with Crippen LogP contribution in [0.25, 0.3) is 0 Å². The van der Waals surface area contributed by atoms with Gasteiger partial charge in [-0.2, -0.15) is 18.3 Å². The summed E-state index contributed by atoms with van der Waals surface area (Å²) in [6.07, 6.45) is 3.13. The van der Waals surface area contributed by atoms with Gasteiger partial charge >= 0.3 is 6.18 Å². The van der Waals surface area contributed by atoms with Crippen LogP contribution in [0.3, 0.4) is 0 Å². The molecule has 0 amide bonds. The third kappa shape index (κ3) is 4.55. The summed E-state index contributed by atoms with van der Waals surface area (Å²) >= 11 is 0. The van der Waals surface area contributed by atoms with Crippen LogP contribution in [-0.4, -0.2) is 36.3 Å². The van der Waals surface area contributed by atoms with E-state index >= 15 is 0 Å². The molecule has 2 aliphatic heterocycles. The highest BCUT2D eigenvalue weighted by molar-refractivity contribution is 5.95. The van der Waals surface area contributed by atoms with Crippen LogP contribution >= 0.6 is 0 Å². The molecule has 0 aromatic rings. The number of nitrogens with zero attached hydrogens (tertiary/aromatic N) is 3. The molecule has 3 aliphatic rings. The second kappa shape index (κ2) is 7.94. The number of alkyl halides is 3. The normalized spacial score (nSPS) is 31.2. The van der Waals surface area contributed by atoms with E-state index in [2.05, 4.69) is 16.7 Å². The number of aliphatic imine (C=N–C) groups is 1. The van der Waals surface area contributed by atoms with E-state index in [9.17, 15) is 13.2 Å². The first-order valence-corrected chi connectivity index (χ1v) is 9.29. The highest BCUT2D eigenvalue weighted by Crippen LogP contribution is 2.39. The number of hydrogen-bond acceptors (Lipinski definition) is 4. The highest BCUT2D eigenvalue weighted by Gasteiger charge is 2.41. The van der Waals surface area contributed by atoms with Gasteiger partial charge in [-0.15, -0.1) is 0 Å². The molecular formula is C19H26F3N3O. The molecular weight excluding hydrogens is 343 g/mol. The summed E-state index contributed by atoms with van der Waals surface area (Å²) in [5, 5.41) is 6.30. The minimum absolute atomic E-state index is 0.0669. The van der Waals surface area contributed by atoms with Gasteiger partial charge in [0.2, 0.25) is 0 Å². The summed E-state index contributed by atoms with van der Waals surface area (Å²) in [5.74, 6) is -0.314. The standard InChI is InChI=1S/C19H26F3N3O/c1-13-10-18(16-4-3-9-26-12-16)25(14(2)24-13)23-11-15-5-7-17(8-6-15)19(20,21)22/h10-11,15-17H,2-9,12H2,1H3/b23-11+/t15?,16-,17?/m0/s1. The fraction of sp³-hybridized carbons (Fsp3) is 0.684. The molecule has 1 atom stereocenters. The van der Waals surface area contributed by atoms with Gasteiger partial charge in [0, 0.05) is 24.5 Å². The van der Waals surface area contributed by atoms with Gasteiger partial charge in [-0.3, -0.25) is 0 Å². The smallest absolute Gasteiger partial charge is 0.381 e. The Balaban J connectivity index is 1.66. The Hall–Kier alpha value is -1.63. The molecule has 4 nitrogen and oxygen atoms in total. The molecule has 144 valence electrons. The maximum absolute atomic E-state index is 12.8. The lowest BCUT2D eigenvalue weighted by atomic mass is 9.82. The van der Waals surface area contributed by atoms with Crippen molar-refractivity contribution in [1.29, 1.82) is 0 Å². The maximum Gasteiger partial charge on any atom is 0.391 e. The van der Waals surface area contributed by atoms with E-state index in [1.807, 2.05) is 13.0 Å². The third-order valence-electron chi connectivity index (χ3n) is 5.36. The Morgan fingerprint density at radius 1 is 1.27 bits per heavy atom. The minimum atomic E-state index is -4.08. The van der Waals surface area contributed by atoms with Crippen molar-refractivity contribution in [3.63, 3.8) is 0 Å². The maximum atomic E-state index is 12.8. The van der Waals surface area contributed by atoms with Crippen molar-refractivity contribution < 1.29 is 17.9 Å². The van der Waals surface area contributed by atoms with Crippen molar-refractivity contribution in [1.82, 2.24) is 5.01 Å². The highest BCUT2D eigenvalue weighted by atomic mass is 19.4. The van der Waals surface area contributed by atoms with E-state index in [4.69, 9.17) is 4.74 Å². The Morgan fingerprint density at radius 2 is 2.00 bits per heavy atom. The number of hydrogen-bond donors (Lipinski definition) is 0. The number of ether oxygens (including phenoxy) is 1. The summed E-state index contributed by atoms with van der Waals surface area (Å²) in [5.41, 5.74) is 1.90. The minimum Gasteiger partial charge on any atom is -0.381 e. The van der Waals surface area contributed by atoms with E-state index in [1.54, 1.807) is 11.2 Å². The Morgan fingerprint density at radius 3 is 2.62 bits per heavy atom. The van der Waals surface area contributed by atoms with Crippen molar-refractivity contribution in [2.75, 3.05) is 13.2 Å². The van der Waals surface area contributed by atoms with Crippen LogP contribution in [0.2, 0.25) is 0 Å². The van der Waals surface area contributed by atoms with Gasteiger partial charge in [-0.1, -0.05) is 6.58 Å². The zero-order valence-electron chi connectivity index (χ0n) is 15.1. The predicted molar refractivity (Wildman–Crippen MR) is 95.7 cm³/mol. The SMILES string of the molecule is C=C1N=C(C)C=C([C@H]2CCCOC2)N1/N=C/C1CCC(C(F)(F)F)CC1. The third-order valence-corrected chi connectivity index (χ3v) is 5.36. The fourth-order valence-corrected chi connectivity index (χ4v) is 3.86. The quantitative estimate of drug-likeness (QED) is 0.664. The fourth-order valence-electron chi connectivity index (χ4n) is 3.86. The average molecular weight is 369 g/mol. The number of rotatable bonds is 3. The summed E-state index contributed by atoms with van der Waals surface area (Å²) in [6, 6.07) is 0. The topological polar surface area (TPSA) is 37.2 Å². The first-order valence-electron chi connectivity index (χ1n) is 9.29. The molecule has 0 spiro atoms. The lowest BCUT2D eigenvalue weighted by Gasteiger charge is -2.33. The van der Waals surface area contributed by atoms with Crippen molar-refractivity contribution in [2.45, 2.75) is 51.6 Å². The van der Waals surface area contributed by atoms with Gasteiger partial charge in [0.25, 0.3) is 0 Å². The largest absolute Gasteiger partial charge is 0.391 e. The van der Waals surface area contributed by atoms with Gasteiger partial charge in [0.05, 0.1) is 18.2 Å². The van der Waals surface area contributed by atoms with E-state index in [0.717, 1.165) is 30.9 Å². The van der Waals surface area contributed by atoms with Crippen molar-refractivity contribution in [3.8, 4) is 0 Å². The number of allylic oxidation sites excluding steroid dienone is 1. The van der Waals surface area contributed by atoms with Crippen molar-refractivity contribution >= 4 is 11.9 Å². The van der Waals surface area contributed by atoms with E-state index in [0.29, 0.717) is 25.3 Å². The first kappa shape index (κ1) is 19.1. The Labute approximate surface area is 152 Å². The van der Waals surface area contributed by atoms with Crippen LogP contribution in [0.1, 0.15) is 45.4 Å². The van der Waals surface area contributed by atoms with Gasteiger partial charge in [0.1, 0.15) is 5.82 Å². The molecule has 2 heterocycles. The zero-order valence-corrected chi connectivity index (χ0v) is 15.1. The van der Waals surface area contributed by atoms with E-state index in [1.165, 1.54) is 0 Å². The predicted octanol–water partition coefficient (Wildman–Crippen LogP) is 4.90. The molecule has 7 heteroatoms. The molecule has 0 aromatic carbocycles. The van der Waals surface area contributed by atoms with E-state index in [-0.39, 0.29) is 24.7 Å². The number of halogens is 3. The zero-order chi connectivity index (χ0) is 18.7. The summed E-state index contributed by atoms with van der Waals surface area (Å²) in [4.78, 5) is 4.39. The van der Waals surface area contributed by atoms with Crippen molar-refractivity contribution in [2.24, 2.45) is 27.8 Å². The first-order chi connectivity index (χ1) is 12.3. The molecule has 3 rings (SSSR count). The lowest BCUT2D eigenvalue weighted by molar-refractivity contribution is -0.182. The second-order valence-electron chi connectivity index (χ2n) is 7.38. The van der Waals surface area contributed by atoms with E-state index < -0.39 is 12.1 Å². The van der Waals surface area contributed by atoms with Crippen LogP contribution in [0.15, 0.2) is 34.3 Å². The number of hydrazone groups is 1. The van der Waals surface area contributed by atoms with Crippen LogP contribution in [0, 0.1) is 17.8 Å². The Kier molecular flexibility index (Phi) is 5.85. The Bertz CT molecular complexity index is 610. The van der Waals surface area contributed by atoms with Crippen LogP contribution in [0.4, 0.5) is 13.2 Å². The van der Waals surface area contributed by atoms with Crippen molar-refractivity contribution in [3.05, 3.63) is 24.2 Å². The molecule has 1 aliphatic carbocycles. The second-order valence-corrected chi connectivity index (χ2v) is 7.38. The van der Waals surface area contributed by atoms with Gasteiger partial charge in [-0.05, 0) is 57.4 Å². The molecule has 0 radical (unpaired) electrons. The van der Waals surface area contributed by atoms with Gasteiger partial charge in [-0.25, -0.2) is 10.0 Å². The molecule has 0 unspecified atom stereocenters. The monoisotopic (exact) mass is 369 g/mol. The molecule has 0 bridgehead atoms. The summed E-state index contributed by atoms with van der Waals surface area (Å²) in [6.45, 7) is 7.35. The van der Waals surface area contributed by atoms with Gasteiger partial charge in [0.15, 0.2) is 0 Å². The molecule has 26 heavy (non-hydrogen) atoms. The van der Waals surface area contributed by atoms with Crippen LogP contribution in [-0.2, 0) is 4.74 Å². The average Bonchev–Trinajstić information content (AvgIpc) is 2.61. The van der Waals surface area contributed by atoms with Crippen LogP contribution < -0.4 is 0 Å². The van der Waals surface area contributed by atoms with Gasteiger partial charge < -0.3 is 4.74 Å². The summed E-state index contributed by atoms with van der Waals surface area (Å²) < 4.78 is 44.0. The molecule has 0 N–H and O–H groups in total. The van der Waals surface area contributed by atoms with Crippen LogP contribution in [0.5, 0.6) is 0 Å². The lowest BCUT2D eigenvalue weighted by Crippen LogP contribution is -2.31. The summed E-state index contributed by atoms with van der Waals surface area (Å²) in [7, 11) is 0.